The number of carbonyl (C=O) groups is 2. The zero-order chi connectivity index (χ0) is 17.7. The second kappa shape index (κ2) is 7.53. The van der Waals surface area contributed by atoms with Crippen molar-refractivity contribution in [2.45, 2.75) is 19.4 Å². The molecule has 24 heavy (non-hydrogen) atoms. The minimum Gasteiger partial charge on any atom is -0.495 e. The smallest absolute Gasteiger partial charge is 0.312 e. The van der Waals surface area contributed by atoms with Gasteiger partial charge in [-0.2, -0.15) is 0 Å². The maximum Gasteiger partial charge on any atom is 0.312 e. The van der Waals surface area contributed by atoms with E-state index in [1.165, 1.54) is 4.90 Å². The number of para-hydroxylation sites is 2. The van der Waals surface area contributed by atoms with Crippen LogP contribution in [0, 0.1) is 0 Å². The molecule has 1 aliphatic rings. The SMILES string of the molecule is COc1ccccc1N1CCN(C(=O)C(=O)NC(C)(C)CO)CC1. The molecule has 2 N–H and O–H groups in total. The summed E-state index contributed by atoms with van der Waals surface area (Å²) in [6, 6.07) is 7.74. The first-order chi connectivity index (χ1) is 11.4. The Hall–Kier alpha value is -2.28. The van der Waals surface area contributed by atoms with Crippen LogP contribution in [0.3, 0.4) is 0 Å². The number of piperazine rings is 1. The van der Waals surface area contributed by atoms with Crippen LogP contribution < -0.4 is 15.0 Å². The summed E-state index contributed by atoms with van der Waals surface area (Å²) in [6.07, 6.45) is 0. The van der Waals surface area contributed by atoms with Gasteiger partial charge in [0, 0.05) is 26.2 Å². The predicted molar refractivity (Wildman–Crippen MR) is 91.1 cm³/mol. The fourth-order valence-electron chi connectivity index (χ4n) is 2.59. The summed E-state index contributed by atoms with van der Waals surface area (Å²) in [7, 11) is 1.63. The van der Waals surface area contributed by atoms with Crippen LogP contribution in [0.25, 0.3) is 0 Å². The molecular weight excluding hydrogens is 310 g/mol. The minimum absolute atomic E-state index is 0.229. The van der Waals surface area contributed by atoms with Gasteiger partial charge in [0.25, 0.3) is 0 Å². The first-order valence-electron chi connectivity index (χ1n) is 7.98. The van der Waals surface area contributed by atoms with Crippen LogP contribution in [0.2, 0.25) is 0 Å². The van der Waals surface area contributed by atoms with Gasteiger partial charge in [0.1, 0.15) is 5.75 Å². The van der Waals surface area contributed by atoms with E-state index >= 15 is 0 Å². The first kappa shape index (κ1) is 18.1. The lowest BCUT2D eigenvalue weighted by atomic mass is 10.1. The highest BCUT2D eigenvalue weighted by Crippen LogP contribution is 2.28. The summed E-state index contributed by atoms with van der Waals surface area (Å²) in [5, 5.41) is 11.7. The van der Waals surface area contributed by atoms with E-state index in [2.05, 4.69) is 10.2 Å². The summed E-state index contributed by atoms with van der Waals surface area (Å²) in [5.41, 5.74) is 0.171. The number of benzene rings is 1. The highest BCUT2D eigenvalue weighted by molar-refractivity contribution is 6.35. The monoisotopic (exact) mass is 335 g/mol. The van der Waals surface area contributed by atoms with Crippen LogP contribution >= 0.6 is 0 Å². The second-order valence-corrected chi connectivity index (χ2v) is 6.45. The zero-order valence-corrected chi connectivity index (χ0v) is 14.4. The molecule has 0 spiro atoms. The van der Waals surface area contributed by atoms with Gasteiger partial charge in [0.2, 0.25) is 0 Å². The molecule has 1 heterocycles. The highest BCUT2D eigenvalue weighted by atomic mass is 16.5. The van der Waals surface area contributed by atoms with Crippen LogP contribution in [-0.2, 0) is 9.59 Å². The number of carbonyl (C=O) groups excluding carboxylic acids is 2. The molecule has 7 heteroatoms. The average Bonchev–Trinajstić information content (AvgIpc) is 2.60. The van der Waals surface area contributed by atoms with Crippen molar-refractivity contribution < 1.29 is 19.4 Å². The normalized spacial score (nSPS) is 15.2. The Morgan fingerprint density at radius 3 is 2.42 bits per heavy atom. The number of hydrogen-bond donors (Lipinski definition) is 2. The molecule has 0 aromatic heterocycles. The standard InChI is InChI=1S/C17H25N3O4/c1-17(2,12-21)18-15(22)16(23)20-10-8-19(9-11-20)13-6-4-5-7-14(13)24-3/h4-7,21H,8-12H2,1-3H3,(H,18,22). The molecule has 0 bridgehead atoms. The Morgan fingerprint density at radius 1 is 1.21 bits per heavy atom. The molecule has 1 aromatic rings. The number of aliphatic hydroxyl groups is 1. The van der Waals surface area contributed by atoms with Crippen molar-refractivity contribution in [2.24, 2.45) is 0 Å². The number of anilines is 1. The molecule has 0 aliphatic carbocycles. The summed E-state index contributed by atoms with van der Waals surface area (Å²) in [4.78, 5) is 27.9. The third kappa shape index (κ3) is 4.17. The third-order valence-corrected chi connectivity index (χ3v) is 4.03. The molecule has 1 aliphatic heterocycles. The molecule has 0 unspecified atom stereocenters. The molecule has 7 nitrogen and oxygen atoms in total. The molecule has 2 rings (SSSR count). The van der Waals surface area contributed by atoms with Crippen LogP contribution in [0.1, 0.15) is 13.8 Å². The Kier molecular flexibility index (Phi) is 5.66. The topological polar surface area (TPSA) is 82.1 Å². The summed E-state index contributed by atoms with van der Waals surface area (Å²) in [5.74, 6) is -0.448. The van der Waals surface area contributed by atoms with Crippen molar-refractivity contribution in [3.63, 3.8) is 0 Å². The van der Waals surface area contributed by atoms with Crippen LogP contribution in [-0.4, -0.2) is 67.3 Å². The number of nitrogens with zero attached hydrogens (tertiary/aromatic N) is 2. The number of aliphatic hydroxyl groups excluding tert-OH is 1. The van der Waals surface area contributed by atoms with Crippen molar-refractivity contribution in [1.82, 2.24) is 10.2 Å². The number of rotatable bonds is 4. The van der Waals surface area contributed by atoms with Gasteiger partial charge in [0.05, 0.1) is 24.9 Å². The van der Waals surface area contributed by atoms with E-state index in [1.807, 2.05) is 24.3 Å². The maximum atomic E-state index is 12.2. The lowest BCUT2D eigenvalue weighted by Gasteiger charge is -2.36. The van der Waals surface area contributed by atoms with E-state index in [0.29, 0.717) is 26.2 Å². The predicted octanol–water partition coefficient (Wildman–Crippen LogP) is 0.231. The van der Waals surface area contributed by atoms with Crippen molar-refractivity contribution >= 4 is 17.5 Å². The van der Waals surface area contributed by atoms with E-state index in [0.717, 1.165) is 11.4 Å². The van der Waals surface area contributed by atoms with Crippen LogP contribution in [0.5, 0.6) is 5.75 Å². The minimum atomic E-state index is -0.814. The summed E-state index contributed by atoms with van der Waals surface area (Å²) in [6.45, 7) is 5.28. The fraction of sp³-hybridized carbons (Fsp3) is 0.529. The van der Waals surface area contributed by atoms with Crippen molar-refractivity contribution in [1.29, 1.82) is 0 Å². The van der Waals surface area contributed by atoms with Gasteiger partial charge in [-0.05, 0) is 26.0 Å². The molecule has 1 aromatic carbocycles. The Labute approximate surface area is 142 Å². The van der Waals surface area contributed by atoms with Gasteiger partial charge in [-0.1, -0.05) is 12.1 Å². The van der Waals surface area contributed by atoms with E-state index in [4.69, 9.17) is 4.74 Å². The van der Waals surface area contributed by atoms with E-state index in [9.17, 15) is 14.7 Å². The number of hydrogen-bond acceptors (Lipinski definition) is 5. The van der Waals surface area contributed by atoms with Gasteiger partial charge >= 0.3 is 11.8 Å². The van der Waals surface area contributed by atoms with Gasteiger partial charge in [0.15, 0.2) is 0 Å². The molecule has 0 atom stereocenters. The molecule has 1 fully saturated rings. The lowest BCUT2D eigenvalue weighted by Crippen LogP contribution is -2.56. The molecule has 0 saturated carbocycles. The van der Waals surface area contributed by atoms with Gasteiger partial charge in [-0.15, -0.1) is 0 Å². The quantitative estimate of drug-likeness (QED) is 0.770. The lowest BCUT2D eigenvalue weighted by molar-refractivity contribution is -0.147. The van der Waals surface area contributed by atoms with Gasteiger partial charge < -0.3 is 25.0 Å². The largest absolute Gasteiger partial charge is 0.495 e. The molecule has 2 amide bonds. The van der Waals surface area contributed by atoms with Crippen molar-refractivity contribution in [3.8, 4) is 5.75 Å². The van der Waals surface area contributed by atoms with Gasteiger partial charge in [-0.3, -0.25) is 9.59 Å². The van der Waals surface area contributed by atoms with Crippen molar-refractivity contribution in [3.05, 3.63) is 24.3 Å². The Morgan fingerprint density at radius 2 is 1.83 bits per heavy atom. The number of nitrogens with one attached hydrogen (secondary N) is 1. The van der Waals surface area contributed by atoms with Gasteiger partial charge in [-0.25, -0.2) is 0 Å². The van der Waals surface area contributed by atoms with E-state index in [1.54, 1.807) is 21.0 Å². The summed E-state index contributed by atoms with van der Waals surface area (Å²) < 4.78 is 5.37. The van der Waals surface area contributed by atoms with Crippen LogP contribution in [0.15, 0.2) is 24.3 Å². The molecule has 1 saturated heterocycles. The highest BCUT2D eigenvalue weighted by Gasteiger charge is 2.30. The number of methoxy groups -OCH3 is 1. The van der Waals surface area contributed by atoms with E-state index in [-0.39, 0.29) is 6.61 Å². The van der Waals surface area contributed by atoms with E-state index < -0.39 is 17.4 Å². The molecule has 0 radical (unpaired) electrons. The summed E-state index contributed by atoms with van der Waals surface area (Å²) >= 11 is 0. The Bertz CT molecular complexity index is 595. The third-order valence-electron chi connectivity index (χ3n) is 4.03. The van der Waals surface area contributed by atoms with Crippen LogP contribution in [0.4, 0.5) is 5.69 Å². The zero-order valence-electron chi connectivity index (χ0n) is 14.4. The average molecular weight is 335 g/mol. The van der Waals surface area contributed by atoms with Crippen molar-refractivity contribution in [2.75, 3.05) is 44.8 Å². The maximum absolute atomic E-state index is 12.2. The molecule has 132 valence electrons. The Balaban J connectivity index is 1.95. The number of ether oxygens (including phenoxy) is 1. The first-order valence-corrected chi connectivity index (χ1v) is 7.98. The molecular formula is C17H25N3O4. The second-order valence-electron chi connectivity index (χ2n) is 6.45. The fourth-order valence-corrected chi connectivity index (χ4v) is 2.59. The number of amides is 2.